The minimum atomic E-state index is -3.75. The highest BCUT2D eigenvalue weighted by Gasteiger charge is 2.16. The van der Waals surface area contributed by atoms with Crippen molar-refractivity contribution in [3.05, 3.63) is 70.0 Å². The first-order valence-corrected chi connectivity index (χ1v) is 12.8. The molecular weight excluding hydrogens is 468 g/mol. The Bertz CT molecular complexity index is 1390. The summed E-state index contributed by atoms with van der Waals surface area (Å²) in [4.78, 5) is 18.9. The van der Waals surface area contributed by atoms with Crippen molar-refractivity contribution < 1.29 is 13.2 Å². The zero-order chi connectivity index (χ0) is 22.7. The Labute approximate surface area is 193 Å². The van der Waals surface area contributed by atoms with Gasteiger partial charge in [-0.05, 0) is 36.6 Å². The Balaban J connectivity index is 1.51. The van der Waals surface area contributed by atoms with Crippen molar-refractivity contribution in [2.24, 2.45) is 0 Å². The van der Waals surface area contributed by atoms with Crippen molar-refractivity contribution in [2.45, 2.75) is 18.4 Å². The molecule has 3 aromatic heterocycles. The average molecular weight is 489 g/mol. The van der Waals surface area contributed by atoms with Gasteiger partial charge in [0.05, 0.1) is 34.0 Å². The minimum Gasteiger partial charge on any atom is -0.497 e. The van der Waals surface area contributed by atoms with E-state index in [0.717, 1.165) is 20.5 Å². The molecule has 0 aliphatic carbocycles. The number of nitrogens with zero attached hydrogens (tertiary/aromatic N) is 3. The lowest BCUT2D eigenvalue weighted by atomic mass is 10.3. The summed E-state index contributed by atoms with van der Waals surface area (Å²) in [6.07, 6.45) is 0. The third-order valence-corrected chi connectivity index (χ3v) is 8.27. The van der Waals surface area contributed by atoms with Gasteiger partial charge in [-0.15, -0.1) is 22.7 Å². The minimum absolute atomic E-state index is 0.0119. The van der Waals surface area contributed by atoms with Gasteiger partial charge >= 0.3 is 0 Å². The summed E-state index contributed by atoms with van der Waals surface area (Å²) < 4.78 is 33.9. The van der Waals surface area contributed by atoms with Gasteiger partial charge in [0.25, 0.3) is 5.56 Å². The van der Waals surface area contributed by atoms with Crippen molar-refractivity contribution in [3.8, 4) is 26.2 Å². The quantitative estimate of drug-likeness (QED) is 0.408. The molecule has 166 valence electrons. The number of rotatable bonds is 8. The molecule has 1 N–H and O–H groups in total. The van der Waals surface area contributed by atoms with E-state index >= 15 is 0 Å². The monoisotopic (exact) mass is 488 g/mol. The van der Waals surface area contributed by atoms with Crippen LogP contribution in [0.2, 0.25) is 0 Å². The molecule has 4 rings (SSSR count). The maximum atomic E-state index is 12.5. The van der Waals surface area contributed by atoms with Crippen LogP contribution < -0.4 is 15.0 Å². The van der Waals surface area contributed by atoms with Crippen LogP contribution in [0, 0.1) is 6.92 Å². The maximum Gasteiger partial charge on any atom is 0.266 e. The summed E-state index contributed by atoms with van der Waals surface area (Å²) in [5.74, 6) is 0.445. The van der Waals surface area contributed by atoms with Crippen LogP contribution in [0.3, 0.4) is 0 Å². The van der Waals surface area contributed by atoms with E-state index in [4.69, 9.17) is 4.74 Å². The number of aromatic nitrogens is 3. The highest BCUT2D eigenvalue weighted by atomic mass is 32.2. The van der Waals surface area contributed by atoms with E-state index in [0.29, 0.717) is 11.4 Å². The van der Waals surface area contributed by atoms with E-state index in [1.165, 1.54) is 41.3 Å². The maximum absolute atomic E-state index is 12.5. The molecule has 0 saturated heterocycles. The van der Waals surface area contributed by atoms with Gasteiger partial charge in [0.1, 0.15) is 16.5 Å². The Kier molecular flexibility index (Phi) is 6.51. The second kappa shape index (κ2) is 9.33. The molecule has 0 fully saturated rings. The molecule has 32 heavy (non-hydrogen) atoms. The first-order chi connectivity index (χ1) is 15.4. The van der Waals surface area contributed by atoms with E-state index in [2.05, 4.69) is 14.8 Å². The SMILES string of the molecule is COc1cccc(S(=O)(=O)NCCn2nc(-c3sc(-c4cccs4)nc3C)ccc2=O)c1. The van der Waals surface area contributed by atoms with Crippen molar-refractivity contribution in [1.29, 1.82) is 0 Å². The Hall–Kier alpha value is -2.86. The topological polar surface area (TPSA) is 103 Å². The second-order valence-electron chi connectivity index (χ2n) is 6.77. The van der Waals surface area contributed by atoms with E-state index < -0.39 is 10.0 Å². The fraction of sp³-hybridized carbons (Fsp3) is 0.190. The first kappa shape index (κ1) is 22.3. The number of hydrogen-bond donors (Lipinski definition) is 1. The molecule has 8 nitrogen and oxygen atoms in total. The van der Waals surface area contributed by atoms with Gasteiger partial charge in [-0.1, -0.05) is 12.1 Å². The lowest BCUT2D eigenvalue weighted by Gasteiger charge is -2.09. The highest BCUT2D eigenvalue weighted by Crippen LogP contribution is 2.35. The smallest absolute Gasteiger partial charge is 0.266 e. The number of ether oxygens (including phenoxy) is 1. The van der Waals surface area contributed by atoms with Crippen LogP contribution in [-0.4, -0.2) is 36.8 Å². The predicted octanol–water partition coefficient (Wildman–Crippen LogP) is 3.39. The summed E-state index contributed by atoms with van der Waals surface area (Å²) in [5, 5.41) is 7.34. The molecule has 0 bridgehead atoms. The molecule has 0 atom stereocenters. The van der Waals surface area contributed by atoms with Gasteiger partial charge in [-0.25, -0.2) is 22.8 Å². The van der Waals surface area contributed by atoms with Crippen molar-refractivity contribution in [2.75, 3.05) is 13.7 Å². The highest BCUT2D eigenvalue weighted by molar-refractivity contribution is 7.89. The van der Waals surface area contributed by atoms with Crippen LogP contribution in [0.1, 0.15) is 5.69 Å². The number of nitrogens with one attached hydrogen (secondary N) is 1. The summed E-state index contributed by atoms with van der Waals surface area (Å²) in [6.45, 7) is 2.01. The normalized spacial score (nSPS) is 11.6. The number of benzene rings is 1. The molecule has 11 heteroatoms. The van der Waals surface area contributed by atoms with Gasteiger partial charge in [-0.2, -0.15) is 5.10 Å². The average Bonchev–Trinajstić information content (AvgIpc) is 3.45. The Morgan fingerprint density at radius 2 is 2.00 bits per heavy atom. The molecule has 1 aromatic carbocycles. The van der Waals surface area contributed by atoms with Gasteiger partial charge in [0.15, 0.2) is 0 Å². The van der Waals surface area contributed by atoms with Crippen LogP contribution in [0.15, 0.2) is 63.6 Å². The van der Waals surface area contributed by atoms with Crippen LogP contribution in [0.5, 0.6) is 5.75 Å². The summed E-state index contributed by atoms with van der Waals surface area (Å²) in [6, 6.07) is 13.3. The Morgan fingerprint density at radius 1 is 1.16 bits per heavy atom. The third-order valence-electron chi connectivity index (χ3n) is 4.60. The second-order valence-corrected chi connectivity index (χ2v) is 10.5. The van der Waals surface area contributed by atoms with Crippen LogP contribution in [0.25, 0.3) is 20.5 Å². The number of thiophene rings is 1. The lowest BCUT2D eigenvalue weighted by Crippen LogP contribution is -2.32. The number of hydrogen-bond acceptors (Lipinski definition) is 8. The zero-order valence-electron chi connectivity index (χ0n) is 17.3. The van der Waals surface area contributed by atoms with E-state index in [-0.39, 0.29) is 23.5 Å². The van der Waals surface area contributed by atoms with Gasteiger partial charge < -0.3 is 4.74 Å². The number of thiazole rings is 1. The molecule has 0 aliphatic heterocycles. The molecule has 0 aliphatic rings. The molecule has 4 aromatic rings. The molecule has 0 saturated carbocycles. The Morgan fingerprint density at radius 3 is 2.75 bits per heavy atom. The van der Waals surface area contributed by atoms with Gasteiger partial charge in [0.2, 0.25) is 10.0 Å². The summed E-state index contributed by atoms with van der Waals surface area (Å²) in [5.41, 5.74) is 1.14. The number of methoxy groups -OCH3 is 1. The fourth-order valence-electron chi connectivity index (χ4n) is 3.01. The first-order valence-electron chi connectivity index (χ1n) is 9.61. The van der Waals surface area contributed by atoms with Crippen LogP contribution >= 0.6 is 22.7 Å². The number of sulfonamides is 1. The largest absolute Gasteiger partial charge is 0.497 e. The molecule has 3 heterocycles. The van der Waals surface area contributed by atoms with Gasteiger partial charge in [0, 0.05) is 18.7 Å². The molecule has 0 radical (unpaired) electrons. The third kappa shape index (κ3) is 4.80. The fourth-order valence-corrected chi connectivity index (χ4v) is 5.89. The van der Waals surface area contributed by atoms with Crippen molar-refractivity contribution in [3.63, 3.8) is 0 Å². The number of aryl methyl sites for hydroxylation is 1. The van der Waals surface area contributed by atoms with E-state index in [9.17, 15) is 13.2 Å². The molecule has 0 spiro atoms. The van der Waals surface area contributed by atoms with Crippen LogP contribution in [-0.2, 0) is 16.6 Å². The standard InChI is InChI=1S/C21H20N4O4S3/c1-14-20(31-21(23-14)18-7-4-12-30-18)17-8-9-19(26)25(24-17)11-10-22-32(27,28)16-6-3-5-15(13-16)29-2/h3-9,12-13,22H,10-11H2,1-2H3. The zero-order valence-corrected chi connectivity index (χ0v) is 19.8. The van der Waals surface area contributed by atoms with Crippen molar-refractivity contribution >= 4 is 32.7 Å². The van der Waals surface area contributed by atoms with Crippen molar-refractivity contribution in [1.82, 2.24) is 19.5 Å². The summed E-state index contributed by atoms with van der Waals surface area (Å²) >= 11 is 3.12. The molecule has 0 unspecified atom stereocenters. The lowest BCUT2D eigenvalue weighted by molar-refractivity contribution is 0.413. The molecule has 0 amide bonds. The predicted molar refractivity (Wildman–Crippen MR) is 126 cm³/mol. The summed E-state index contributed by atoms with van der Waals surface area (Å²) in [7, 11) is -2.28. The van der Waals surface area contributed by atoms with E-state index in [1.54, 1.807) is 29.5 Å². The van der Waals surface area contributed by atoms with E-state index in [1.807, 2.05) is 24.4 Å². The van der Waals surface area contributed by atoms with Gasteiger partial charge in [-0.3, -0.25) is 4.79 Å². The van der Waals surface area contributed by atoms with Crippen LogP contribution in [0.4, 0.5) is 0 Å². The molecular formula is C21H20N4O4S3.